The SMILES string of the molecule is CC(C)(C)OC(=O)N1C2CC1CN(c1nc3c(C(=O)O)ccc(-c4nccs4)n3n1)C2. The summed E-state index contributed by atoms with van der Waals surface area (Å²) in [4.78, 5) is 36.9. The minimum atomic E-state index is -1.06. The quantitative estimate of drug-likeness (QED) is 0.659. The summed E-state index contributed by atoms with van der Waals surface area (Å²) in [6, 6.07) is 3.28. The minimum absolute atomic E-state index is 0.0255. The molecule has 2 unspecified atom stereocenters. The molecule has 0 saturated carbocycles. The summed E-state index contributed by atoms with van der Waals surface area (Å²) in [6.45, 7) is 6.71. The van der Waals surface area contributed by atoms with Crippen LogP contribution in [0.3, 0.4) is 0 Å². The molecular weight excluding hydrogens is 420 g/mol. The van der Waals surface area contributed by atoms with Gasteiger partial charge in [0.05, 0.1) is 12.1 Å². The van der Waals surface area contributed by atoms with Gasteiger partial charge in [0, 0.05) is 24.7 Å². The molecule has 6 rings (SSSR count). The largest absolute Gasteiger partial charge is 0.478 e. The van der Waals surface area contributed by atoms with Crippen LogP contribution in [0.5, 0.6) is 0 Å². The number of piperidine rings is 1. The molecule has 3 aliphatic heterocycles. The number of aromatic nitrogens is 4. The first kappa shape index (κ1) is 19.7. The number of hydrogen-bond donors (Lipinski definition) is 1. The van der Waals surface area contributed by atoms with Crippen LogP contribution in [-0.2, 0) is 4.74 Å². The third-order valence-electron chi connectivity index (χ3n) is 5.44. The molecule has 3 fully saturated rings. The second-order valence-corrected chi connectivity index (χ2v) is 9.65. The Kier molecular flexibility index (Phi) is 4.40. The number of hydrogen-bond acceptors (Lipinski definition) is 8. The summed E-state index contributed by atoms with van der Waals surface area (Å²) in [7, 11) is 0. The van der Waals surface area contributed by atoms with E-state index < -0.39 is 11.6 Å². The van der Waals surface area contributed by atoms with E-state index in [9.17, 15) is 14.7 Å². The van der Waals surface area contributed by atoms with E-state index in [0.717, 1.165) is 11.4 Å². The Labute approximate surface area is 182 Å². The molecule has 0 aromatic carbocycles. The van der Waals surface area contributed by atoms with Gasteiger partial charge in [-0.05, 0) is 39.3 Å². The predicted molar refractivity (Wildman–Crippen MR) is 114 cm³/mol. The number of rotatable bonds is 3. The number of ether oxygens (including phenoxy) is 1. The number of nitrogens with zero attached hydrogens (tertiary/aromatic N) is 6. The van der Waals surface area contributed by atoms with Crippen LogP contribution in [-0.4, -0.2) is 72.4 Å². The van der Waals surface area contributed by atoms with Gasteiger partial charge in [0.2, 0.25) is 5.95 Å². The average Bonchev–Trinajstić information content (AvgIpc) is 3.35. The fraction of sp³-hybridized carbons (Fsp3) is 0.450. The number of fused-ring (bicyclic) bond motifs is 3. The number of carbonyl (C=O) groups excluding carboxylic acids is 1. The zero-order valence-corrected chi connectivity index (χ0v) is 18.2. The number of carboxylic acid groups (broad SMARTS) is 1. The Morgan fingerprint density at radius 2 is 1.97 bits per heavy atom. The maximum atomic E-state index is 12.5. The van der Waals surface area contributed by atoms with E-state index >= 15 is 0 Å². The lowest BCUT2D eigenvalue weighted by Gasteiger charge is -2.55. The fourth-order valence-corrected chi connectivity index (χ4v) is 4.80. The van der Waals surface area contributed by atoms with Crippen LogP contribution in [0.25, 0.3) is 16.3 Å². The number of carboxylic acids is 1. The molecule has 31 heavy (non-hydrogen) atoms. The van der Waals surface area contributed by atoms with Crippen LogP contribution in [0.2, 0.25) is 0 Å². The Bertz CT molecular complexity index is 1160. The highest BCUT2D eigenvalue weighted by Crippen LogP contribution is 2.35. The number of aromatic carboxylic acids is 1. The maximum Gasteiger partial charge on any atom is 0.410 e. The van der Waals surface area contributed by atoms with E-state index in [0.29, 0.717) is 24.7 Å². The molecule has 2 bridgehead atoms. The van der Waals surface area contributed by atoms with Crippen molar-refractivity contribution >= 4 is 35.0 Å². The van der Waals surface area contributed by atoms with Gasteiger partial charge in [-0.1, -0.05) is 0 Å². The van der Waals surface area contributed by atoms with Gasteiger partial charge in [-0.2, -0.15) is 4.98 Å². The zero-order valence-electron chi connectivity index (χ0n) is 17.3. The molecule has 3 aromatic rings. The van der Waals surface area contributed by atoms with Crippen molar-refractivity contribution in [2.24, 2.45) is 0 Å². The van der Waals surface area contributed by atoms with Gasteiger partial charge in [-0.3, -0.25) is 4.90 Å². The molecule has 0 aliphatic carbocycles. The molecule has 6 heterocycles. The topological polar surface area (TPSA) is 113 Å². The molecule has 2 atom stereocenters. The third-order valence-corrected chi connectivity index (χ3v) is 6.23. The molecule has 0 spiro atoms. The van der Waals surface area contributed by atoms with Crippen molar-refractivity contribution in [2.45, 2.75) is 44.9 Å². The number of piperazine rings is 1. The van der Waals surface area contributed by atoms with Gasteiger partial charge < -0.3 is 14.7 Å². The number of pyridine rings is 1. The van der Waals surface area contributed by atoms with Crippen LogP contribution in [0, 0.1) is 0 Å². The Morgan fingerprint density at radius 1 is 1.23 bits per heavy atom. The molecule has 10 nitrogen and oxygen atoms in total. The molecule has 162 valence electrons. The van der Waals surface area contributed by atoms with Crippen LogP contribution in [0.15, 0.2) is 23.7 Å². The summed E-state index contributed by atoms with van der Waals surface area (Å²) in [5.41, 5.74) is 0.504. The second-order valence-electron chi connectivity index (χ2n) is 8.76. The number of carbonyl (C=O) groups is 2. The normalized spacial score (nSPS) is 20.6. The first-order valence-electron chi connectivity index (χ1n) is 10.0. The van der Waals surface area contributed by atoms with Crippen molar-refractivity contribution in [1.82, 2.24) is 24.5 Å². The molecular formula is C20H22N6O4S. The van der Waals surface area contributed by atoms with Gasteiger partial charge in [0.15, 0.2) is 5.65 Å². The second kappa shape index (κ2) is 6.91. The van der Waals surface area contributed by atoms with E-state index in [-0.39, 0.29) is 29.4 Å². The molecule has 11 heteroatoms. The summed E-state index contributed by atoms with van der Waals surface area (Å²) in [5, 5.41) is 16.8. The van der Waals surface area contributed by atoms with E-state index in [2.05, 4.69) is 15.1 Å². The molecule has 3 saturated heterocycles. The van der Waals surface area contributed by atoms with Gasteiger partial charge >= 0.3 is 12.1 Å². The Balaban J connectivity index is 1.45. The first-order valence-corrected chi connectivity index (χ1v) is 10.9. The molecule has 3 aliphatic rings. The lowest BCUT2D eigenvalue weighted by molar-refractivity contribution is -0.0381. The van der Waals surface area contributed by atoms with Gasteiger partial charge in [-0.15, -0.1) is 16.4 Å². The zero-order chi connectivity index (χ0) is 21.9. The lowest BCUT2D eigenvalue weighted by Crippen LogP contribution is -2.70. The molecule has 0 radical (unpaired) electrons. The van der Waals surface area contributed by atoms with Crippen molar-refractivity contribution in [3.63, 3.8) is 0 Å². The van der Waals surface area contributed by atoms with Crippen LogP contribution in [0.4, 0.5) is 10.7 Å². The maximum absolute atomic E-state index is 12.5. The first-order chi connectivity index (χ1) is 14.7. The Hall–Kier alpha value is -3.21. The number of anilines is 1. The number of thiazole rings is 1. The van der Waals surface area contributed by atoms with Crippen molar-refractivity contribution in [2.75, 3.05) is 18.0 Å². The van der Waals surface area contributed by atoms with Crippen LogP contribution < -0.4 is 4.90 Å². The van der Waals surface area contributed by atoms with E-state index in [1.54, 1.807) is 21.7 Å². The van der Waals surface area contributed by atoms with Crippen molar-refractivity contribution < 1.29 is 19.4 Å². The van der Waals surface area contributed by atoms with Crippen molar-refractivity contribution in [1.29, 1.82) is 0 Å². The predicted octanol–water partition coefficient (Wildman–Crippen LogP) is 2.75. The van der Waals surface area contributed by atoms with Crippen LogP contribution >= 0.6 is 11.3 Å². The van der Waals surface area contributed by atoms with Crippen LogP contribution in [0.1, 0.15) is 37.6 Å². The fourth-order valence-electron chi connectivity index (χ4n) is 4.15. The van der Waals surface area contributed by atoms with Crippen molar-refractivity contribution in [3.05, 3.63) is 29.3 Å². The minimum Gasteiger partial charge on any atom is -0.478 e. The van der Waals surface area contributed by atoms with E-state index in [4.69, 9.17) is 4.74 Å². The highest BCUT2D eigenvalue weighted by atomic mass is 32.1. The molecule has 1 amide bonds. The summed E-state index contributed by atoms with van der Waals surface area (Å²) >= 11 is 1.45. The Morgan fingerprint density at radius 3 is 2.58 bits per heavy atom. The summed E-state index contributed by atoms with van der Waals surface area (Å²) in [5.74, 6) is -0.614. The van der Waals surface area contributed by atoms with Crippen molar-refractivity contribution in [3.8, 4) is 10.7 Å². The average molecular weight is 443 g/mol. The third kappa shape index (κ3) is 3.38. The molecule has 3 aromatic heterocycles. The summed E-state index contributed by atoms with van der Waals surface area (Å²) in [6.07, 6.45) is 2.31. The highest BCUT2D eigenvalue weighted by Gasteiger charge is 2.49. The van der Waals surface area contributed by atoms with Gasteiger partial charge in [0.25, 0.3) is 0 Å². The lowest BCUT2D eigenvalue weighted by atomic mass is 9.88. The highest BCUT2D eigenvalue weighted by molar-refractivity contribution is 7.13. The van der Waals surface area contributed by atoms with Gasteiger partial charge in [-0.25, -0.2) is 19.1 Å². The molecule has 1 N–H and O–H groups in total. The monoisotopic (exact) mass is 442 g/mol. The van der Waals surface area contributed by atoms with Gasteiger partial charge in [0.1, 0.15) is 21.9 Å². The van der Waals surface area contributed by atoms with E-state index in [1.807, 2.05) is 31.1 Å². The smallest absolute Gasteiger partial charge is 0.410 e. The van der Waals surface area contributed by atoms with E-state index in [1.165, 1.54) is 17.4 Å². The number of amides is 1. The standard InChI is InChI=1S/C20H22N6O4S/c1-20(2,3)30-19(29)25-11-8-12(25)10-24(9-11)18-22-15-13(17(27)28)4-5-14(26(15)23-18)16-21-6-7-31-16/h4-7,11-12H,8-10H2,1-3H3,(H,27,28). The summed E-state index contributed by atoms with van der Waals surface area (Å²) < 4.78 is 7.07.